The van der Waals surface area contributed by atoms with Crippen molar-refractivity contribution in [3.05, 3.63) is 60.7 Å². The Kier molecular flexibility index (Phi) is 5.74. The zero-order valence-electron chi connectivity index (χ0n) is 10.3. The minimum absolute atomic E-state index is 0.434. The summed E-state index contributed by atoms with van der Waals surface area (Å²) in [6.45, 7) is 0. The van der Waals surface area contributed by atoms with Gasteiger partial charge in [-0.05, 0) is 30.7 Å². The Morgan fingerprint density at radius 2 is 1.16 bits per heavy atom. The Labute approximate surface area is 130 Å². The maximum absolute atomic E-state index is 6.03. The number of benzene rings is 2. The van der Waals surface area contributed by atoms with Crippen molar-refractivity contribution in [3.8, 4) is 0 Å². The standard InChI is InChI=1S/C14H14Cl3PSi/c15-19(16,17)12-11-18(13-7-3-1-4-8-13)14-9-5-2-6-10-14/h1-10H,11-12H2. The summed E-state index contributed by atoms with van der Waals surface area (Å²) in [5, 5.41) is 2.68. The highest BCUT2D eigenvalue weighted by atomic mass is 35.8. The summed E-state index contributed by atoms with van der Waals surface area (Å²) in [7, 11) is -0.434. The number of halogens is 3. The molecule has 0 saturated carbocycles. The molecular formula is C14H14Cl3PSi. The molecule has 0 amide bonds. The average molecular weight is 348 g/mol. The smallest absolute Gasteiger partial charge is 0.126 e. The van der Waals surface area contributed by atoms with E-state index in [0.29, 0.717) is 6.04 Å². The van der Waals surface area contributed by atoms with Crippen molar-refractivity contribution < 1.29 is 0 Å². The third-order valence-corrected chi connectivity index (χ3v) is 8.21. The van der Waals surface area contributed by atoms with Crippen LogP contribution < -0.4 is 10.6 Å². The minimum atomic E-state index is -2.55. The summed E-state index contributed by atoms with van der Waals surface area (Å²) in [5.74, 6) is 0. The lowest BCUT2D eigenvalue weighted by atomic mass is 10.4. The molecule has 0 bridgehead atoms. The second kappa shape index (κ2) is 7.11. The molecule has 0 atom stereocenters. The van der Waals surface area contributed by atoms with Gasteiger partial charge in [0.05, 0.1) is 0 Å². The zero-order valence-corrected chi connectivity index (χ0v) is 14.4. The van der Waals surface area contributed by atoms with Crippen molar-refractivity contribution in [1.82, 2.24) is 0 Å². The SMILES string of the molecule is Cl[Si](Cl)(Cl)CCP(c1ccccc1)c1ccccc1. The summed E-state index contributed by atoms with van der Waals surface area (Å²) in [4.78, 5) is 0. The third-order valence-electron chi connectivity index (χ3n) is 2.75. The zero-order chi connectivity index (χ0) is 13.7. The van der Waals surface area contributed by atoms with E-state index in [-0.39, 0.29) is 0 Å². The first-order valence-corrected chi connectivity index (χ1v) is 12.8. The lowest BCUT2D eigenvalue weighted by Crippen LogP contribution is -2.18. The second-order valence-electron chi connectivity index (χ2n) is 4.19. The van der Waals surface area contributed by atoms with E-state index in [2.05, 4.69) is 48.5 Å². The molecule has 0 aromatic heterocycles. The highest BCUT2D eigenvalue weighted by molar-refractivity contribution is 7.74. The average Bonchev–Trinajstić information content (AvgIpc) is 2.40. The molecule has 100 valence electrons. The summed E-state index contributed by atoms with van der Waals surface area (Å²) in [6.07, 6.45) is 0.937. The molecule has 19 heavy (non-hydrogen) atoms. The molecule has 0 spiro atoms. The fourth-order valence-electron chi connectivity index (χ4n) is 1.86. The summed E-state index contributed by atoms with van der Waals surface area (Å²) in [5.41, 5.74) is 0. The highest BCUT2D eigenvalue weighted by Gasteiger charge is 2.27. The molecule has 2 aromatic rings. The van der Waals surface area contributed by atoms with E-state index in [1.54, 1.807) is 0 Å². The predicted octanol–water partition coefficient (Wildman–Crippen LogP) is 4.77. The Balaban J connectivity index is 2.24. The minimum Gasteiger partial charge on any atom is -0.126 e. The summed E-state index contributed by atoms with van der Waals surface area (Å²) >= 11 is 18.1. The van der Waals surface area contributed by atoms with Crippen LogP contribution in [0.1, 0.15) is 0 Å². The van der Waals surface area contributed by atoms with Gasteiger partial charge in [-0.3, -0.25) is 0 Å². The van der Waals surface area contributed by atoms with E-state index in [0.717, 1.165) is 6.16 Å². The molecule has 2 rings (SSSR count). The Morgan fingerprint density at radius 1 is 0.737 bits per heavy atom. The van der Waals surface area contributed by atoms with E-state index in [1.165, 1.54) is 10.6 Å². The van der Waals surface area contributed by atoms with Gasteiger partial charge in [0.2, 0.25) is 0 Å². The molecular weight excluding hydrogens is 334 g/mol. The van der Waals surface area contributed by atoms with Gasteiger partial charge in [-0.1, -0.05) is 60.7 Å². The number of rotatable bonds is 5. The Bertz CT molecular complexity index is 460. The van der Waals surface area contributed by atoms with Gasteiger partial charge >= 0.3 is 6.00 Å². The lowest BCUT2D eigenvalue weighted by Gasteiger charge is -2.20. The molecule has 0 aliphatic rings. The molecule has 5 heteroatoms. The van der Waals surface area contributed by atoms with Crippen LogP contribution >= 0.6 is 41.2 Å². The fourth-order valence-corrected chi connectivity index (χ4v) is 7.93. The monoisotopic (exact) mass is 346 g/mol. The van der Waals surface area contributed by atoms with Crippen LogP contribution in [0.2, 0.25) is 6.04 Å². The summed E-state index contributed by atoms with van der Waals surface area (Å²) in [6, 6.07) is 19.2. The van der Waals surface area contributed by atoms with Crippen LogP contribution in [0.15, 0.2) is 60.7 Å². The molecule has 0 unspecified atom stereocenters. The van der Waals surface area contributed by atoms with Crippen molar-refractivity contribution in [2.45, 2.75) is 6.04 Å². The highest BCUT2D eigenvalue weighted by Crippen LogP contribution is 2.38. The maximum Gasteiger partial charge on any atom is 0.341 e. The van der Waals surface area contributed by atoms with Crippen LogP contribution in [0, 0.1) is 0 Å². The van der Waals surface area contributed by atoms with E-state index in [9.17, 15) is 0 Å². The first-order valence-electron chi connectivity index (χ1n) is 6.01. The van der Waals surface area contributed by atoms with Crippen LogP contribution in [0.25, 0.3) is 0 Å². The third kappa shape index (κ3) is 5.09. The van der Waals surface area contributed by atoms with Gasteiger partial charge < -0.3 is 0 Å². The van der Waals surface area contributed by atoms with Gasteiger partial charge in [-0.15, -0.1) is 33.2 Å². The first-order chi connectivity index (χ1) is 9.06. The molecule has 0 radical (unpaired) electrons. The molecule has 0 aliphatic carbocycles. The molecule has 0 fully saturated rings. The maximum atomic E-state index is 6.03. The van der Waals surface area contributed by atoms with Crippen LogP contribution in [-0.2, 0) is 0 Å². The fraction of sp³-hybridized carbons (Fsp3) is 0.143. The van der Waals surface area contributed by atoms with Crippen molar-refractivity contribution in [2.24, 2.45) is 0 Å². The number of hydrogen-bond acceptors (Lipinski definition) is 0. The number of hydrogen-bond donors (Lipinski definition) is 0. The second-order valence-corrected chi connectivity index (χ2v) is 15.8. The summed E-state index contributed by atoms with van der Waals surface area (Å²) < 4.78 is 0. The normalized spacial score (nSPS) is 11.8. The van der Waals surface area contributed by atoms with Crippen molar-refractivity contribution >= 4 is 57.8 Å². The molecule has 2 aromatic carbocycles. The van der Waals surface area contributed by atoms with Crippen LogP contribution in [0.3, 0.4) is 0 Å². The molecule has 0 nitrogen and oxygen atoms in total. The van der Waals surface area contributed by atoms with Crippen molar-refractivity contribution in [2.75, 3.05) is 6.16 Å². The van der Waals surface area contributed by atoms with Crippen LogP contribution in [0.5, 0.6) is 0 Å². The Morgan fingerprint density at radius 3 is 1.53 bits per heavy atom. The quantitative estimate of drug-likeness (QED) is 0.415. The van der Waals surface area contributed by atoms with Gasteiger partial charge in [-0.25, -0.2) is 0 Å². The topological polar surface area (TPSA) is 0 Å². The van der Waals surface area contributed by atoms with E-state index < -0.39 is 13.9 Å². The van der Waals surface area contributed by atoms with Gasteiger partial charge in [0.25, 0.3) is 0 Å². The van der Waals surface area contributed by atoms with Crippen molar-refractivity contribution in [3.63, 3.8) is 0 Å². The molecule has 0 N–H and O–H groups in total. The first kappa shape index (κ1) is 15.3. The van der Waals surface area contributed by atoms with Gasteiger partial charge in [0.15, 0.2) is 0 Å². The van der Waals surface area contributed by atoms with Crippen LogP contribution in [-0.4, -0.2) is 12.2 Å². The Hall–Kier alpha value is -0.0431. The van der Waals surface area contributed by atoms with E-state index >= 15 is 0 Å². The molecule has 0 heterocycles. The predicted molar refractivity (Wildman–Crippen MR) is 92.1 cm³/mol. The lowest BCUT2D eigenvalue weighted by molar-refractivity contribution is 1.46. The van der Waals surface area contributed by atoms with Crippen LogP contribution in [0.4, 0.5) is 0 Å². The van der Waals surface area contributed by atoms with Crippen molar-refractivity contribution in [1.29, 1.82) is 0 Å². The molecule has 0 aliphatic heterocycles. The van der Waals surface area contributed by atoms with E-state index in [4.69, 9.17) is 33.2 Å². The van der Waals surface area contributed by atoms with Gasteiger partial charge in [0.1, 0.15) is 0 Å². The van der Waals surface area contributed by atoms with Gasteiger partial charge in [0, 0.05) is 0 Å². The van der Waals surface area contributed by atoms with E-state index in [1.807, 2.05) is 12.1 Å². The van der Waals surface area contributed by atoms with Gasteiger partial charge in [-0.2, -0.15) is 0 Å². The molecule has 0 saturated heterocycles. The largest absolute Gasteiger partial charge is 0.341 e.